The molecule has 1 aromatic carbocycles. The molecule has 0 atom stereocenters. The Balaban J connectivity index is 2.28. The Hall–Kier alpha value is -2.21. The first kappa shape index (κ1) is 13.8. The number of aromatic nitrogens is 4. The lowest BCUT2D eigenvalue weighted by molar-refractivity contribution is 0.386. The molecule has 3 rings (SSSR count). The molecule has 0 aliphatic heterocycles. The summed E-state index contributed by atoms with van der Waals surface area (Å²) >= 11 is 6.09. The van der Waals surface area contributed by atoms with Gasteiger partial charge in [0.05, 0.1) is 12.8 Å². The minimum Gasteiger partial charge on any atom is -0.494 e. The Bertz CT molecular complexity index is 847. The highest BCUT2D eigenvalue weighted by atomic mass is 35.5. The van der Waals surface area contributed by atoms with Gasteiger partial charge in [-0.2, -0.15) is 0 Å². The van der Waals surface area contributed by atoms with E-state index in [0.717, 1.165) is 11.4 Å². The minimum atomic E-state index is -0.457. The van der Waals surface area contributed by atoms with Crippen LogP contribution in [0.25, 0.3) is 17.0 Å². The van der Waals surface area contributed by atoms with E-state index in [1.165, 1.54) is 13.2 Å². The highest BCUT2D eigenvalue weighted by molar-refractivity contribution is 6.32. The van der Waals surface area contributed by atoms with E-state index in [-0.39, 0.29) is 10.9 Å². The number of aryl methyl sites for hydroxylation is 2. The topological polar surface area (TPSA) is 52.3 Å². The first-order valence-corrected chi connectivity index (χ1v) is 6.62. The number of fused-ring (bicyclic) bond motifs is 1. The van der Waals surface area contributed by atoms with Crippen LogP contribution in [-0.2, 0) is 0 Å². The largest absolute Gasteiger partial charge is 0.494 e. The fourth-order valence-corrected chi connectivity index (χ4v) is 2.42. The Morgan fingerprint density at radius 2 is 2.00 bits per heavy atom. The van der Waals surface area contributed by atoms with E-state index >= 15 is 0 Å². The molecule has 2 aromatic heterocycles. The summed E-state index contributed by atoms with van der Waals surface area (Å²) in [6, 6.07) is 4.64. The third-order valence-electron chi connectivity index (χ3n) is 3.38. The van der Waals surface area contributed by atoms with Gasteiger partial charge in [-0.25, -0.2) is 9.37 Å². The molecule has 108 valence electrons. The van der Waals surface area contributed by atoms with Crippen molar-refractivity contribution < 1.29 is 9.13 Å². The molecular weight excluding hydrogens is 295 g/mol. The molecule has 2 heterocycles. The van der Waals surface area contributed by atoms with Crippen LogP contribution in [0.2, 0.25) is 5.15 Å². The van der Waals surface area contributed by atoms with E-state index in [2.05, 4.69) is 15.2 Å². The molecule has 21 heavy (non-hydrogen) atoms. The predicted molar refractivity (Wildman–Crippen MR) is 77.2 cm³/mol. The van der Waals surface area contributed by atoms with Crippen LogP contribution in [0.5, 0.6) is 5.75 Å². The van der Waals surface area contributed by atoms with Crippen molar-refractivity contribution in [1.29, 1.82) is 0 Å². The molecule has 0 amide bonds. The lowest BCUT2D eigenvalue weighted by Crippen LogP contribution is -2.01. The van der Waals surface area contributed by atoms with Gasteiger partial charge in [-0.05, 0) is 32.0 Å². The standard InChI is InChI=1S/C14H12ClFN4O/c1-7-8(2)20-13(18-19-14(20)12(15)17-7)9-4-5-11(21-3)10(16)6-9/h4-6H,1-3H3. The van der Waals surface area contributed by atoms with Gasteiger partial charge in [0, 0.05) is 11.3 Å². The third-order valence-corrected chi connectivity index (χ3v) is 3.64. The smallest absolute Gasteiger partial charge is 0.199 e. The summed E-state index contributed by atoms with van der Waals surface area (Å²) in [5, 5.41) is 8.41. The molecule has 0 saturated carbocycles. The minimum absolute atomic E-state index is 0.181. The van der Waals surface area contributed by atoms with Crippen molar-refractivity contribution in [2.24, 2.45) is 0 Å². The number of hydrogen-bond acceptors (Lipinski definition) is 4. The van der Waals surface area contributed by atoms with Crippen LogP contribution in [0.4, 0.5) is 4.39 Å². The van der Waals surface area contributed by atoms with Gasteiger partial charge in [0.25, 0.3) is 0 Å². The highest BCUT2D eigenvalue weighted by Gasteiger charge is 2.16. The van der Waals surface area contributed by atoms with Gasteiger partial charge < -0.3 is 4.74 Å². The molecule has 0 unspecified atom stereocenters. The first-order chi connectivity index (χ1) is 10.0. The molecule has 0 spiro atoms. The van der Waals surface area contributed by atoms with Gasteiger partial charge in [0.15, 0.2) is 28.2 Å². The van der Waals surface area contributed by atoms with Crippen LogP contribution in [-0.4, -0.2) is 26.7 Å². The van der Waals surface area contributed by atoms with Crippen LogP contribution >= 0.6 is 11.6 Å². The maximum Gasteiger partial charge on any atom is 0.199 e. The number of rotatable bonds is 2. The maximum atomic E-state index is 13.9. The molecule has 5 nitrogen and oxygen atoms in total. The third kappa shape index (κ3) is 2.12. The zero-order valence-electron chi connectivity index (χ0n) is 11.7. The maximum absolute atomic E-state index is 13.9. The summed E-state index contributed by atoms with van der Waals surface area (Å²) in [5.41, 5.74) is 2.66. The summed E-state index contributed by atoms with van der Waals surface area (Å²) in [5.74, 6) is 0.234. The Morgan fingerprint density at radius 3 is 2.67 bits per heavy atom. The fourth-order valence-electron chi connectivity index (χ4n) is 2.17. The lowest BCUT2D eigenvalue weighted by atomic mass is 10.2. The SMILES string of the molecule is COc1ccc(-c2nnc3c(Cl)nc(C)c(C)n23)cc1F. The highest BCUT2D eigenvalue weighted by Crippen LogP contribution is 2.27. The van der Waals surface area contributed by atoms with Crippen molar-refractivity contribution in [1.82, 2.24) is 19.6 Å². The second-order valence-electron chi connectivity index (χ2n) is 4.61. The molecule has 0 bridgehead atoms. The Morgan fingerprint density at radius 1 is 1.24 bits per heavy atom. The first-order valence-electron chi connectivity index (χ1n) is 6.24. The molecule has 7 heteroatoms. The van der Waals surface area contributed by atoms with Crippen molar-refractivity contribution in [3.63, 3.8) is 0 Å². The normalized spacial score (nSPS) is 11.1. The number of halogens is 2. The quantitative estimate of drug-likeness (QED) is 0.729. The van der Waals surface area contributed by atoms with Crippen LogP contribution in [0, 0.1) is 19.7 Å². The van der Waals surface area contributed by atoms with E-state index < -0.39 is 5.82 Å². The van der Waals surface area contributed by atoms with E-state index in [1.807, 2.05) is 13.8 Å². The molecule has 0 radical (unpaired) electrons. The van der Waals surface area contributed by atoms with E-state index in [9.17, 15) is 4.39 Å². The summed E-state index contributed by atoms with van der Waals surface area (Å²) in [6.45, 7) is 3.73. The number of hydrogen-bond donors (Lipinski definition) is 0. The average Bonchev–Trinajstić information content (AvgIpc) is 2.90. The molecule has 0 aliphatic carbocycles. The zero-order chi connectivity index (χ0) is 15.1. The predicted octanol–water partition coefficient (Wildman–Crippen LogP) is 3.21. The molecule has 0 N–H and O–H groups in total. The number of benzene rings is 1. The summed E-state index contributed by atoms with van der Waals surface area (Å²) in [6.07, 6.45) is 0. The van der Waals surface area contributed by atoms with Crippen molar-refractivity contribution in [3.8, 4) is 17.1 Å². The fraction of sp³-hybridized carbons (Fsp3) is 0.214. The number of methoxy groups -OCH3 is 1. The molecule has 0 aliphatic rings. The van der Waals surface area contributed by atoms with Crippen LogP contribution < -0.4 is 4.74 Å². The molecule has 0 fully saturated rings. The number of nitrogens with zero attached hydrogens (tertiary/aromatic N) is 4. The van der Waals surface area contributed by atoms with Gasteiger partial charge in [-0.15, -0.1) is 10.2 Å². The van der Waals surface area contributed by atoms with Gasteiger partial charge in [-0.1, -0.05) is 11.6 Å². The van der Waals surface area contributed by atoms with Crippen LogP contribution in [0.1, 0.15) is 11.4 Å². The van der Waals surface area contributed by atoms with Crippen molar-refractivity contribution >= 4 is 17.2 Å². The average molecular weight is 307 g/mol. The molecule has 3 aromatic rings. The number of ether oxygens (including phenoxy) is 1. The molecule has 0 saturated heterocycles. The zero-order valence-corrected chi connectivity index (χ0v) is 12.4. The monoisotopic (exact) mass is 306 g/mol. The van der Waals surface area contributed by atoms with Gasteiger partial charge in [-0.3, -0.25) is 4.40 Å². The van der Waals surface area contributed by atoms with Crippen LogP contribution in [0.3, 0.4) is 0 Å². The van der Waals surface area contributed by atoms with E-state index in [1.54, 1.807) is 16.5 Å². The van der Waals surface area contributed by atoms with Crippen molar-refractivity contribution in [2.75, 3.05) is 7.11 Å². The summed E-state index contributed by atoms with van der Waals surface area (Å²) in [4.78, 5) is 4.20. The van der Waals surface area contributed by atoms with Crippen molar-refractivity contribution in [3.05, 3.63) is 40.6 Å². The second-order valence-corrected chi connectivity index (χ2v) is 4.96. The lowest BCUT2D eigenvalue weighted by Gasteiger charge is -2.08. The summed E-state index contributed by atoms with van der Waals surface area (Å²) in [7, 11) is 1.42. The Kier molecular flexibility index (Phi) is 3.25. The van der Waals surface area contributed by atoms with E-state index in [4.69, 9.17) is 16.3 Å². The molecular formula is C14H12ClFN4O. The van der Waals surface area contributed by atoms with Crippen LogP contribution in [0.15, 0.2) is 18.2 Å². The Labute approximate surface area is 125 Å². The van der Waals surface area contributed by atoms with Crippen molar-refractivity contribution in [2.45, 2.75) is 13.8 Å². The second kappa shape index (κ2) is 4.96. The summed E-state index contributed by atoms with van der Waals surface area (Å²) < 4.78 is 20.6. The van der Waals surface area contributed by atoms with E-state index in [0.29, 0.717) is 17.0 Å². The van der Waals surface area contributed by atoms with Gasteiger partial charge in [0.2, 0.25) is 0 Å². The van der Waals surface area contributed by atoms with Gasteiger partial charge in [0.1, 0.15) is 0 Å². The van der Waals surface area contributed by atoms with Gasteiger partial charge >= 0.3 is 0 Å².